The van der Waals surface area contributed by atoms with Gasteiger partial charge in [0.1, 0.15) is 0 Å². The van der Waals surface area contributed by atoms with E-state index < -0.39 is 0 Å². The first-order valence-electron chi connectivity index (χ1n) is 6.46. The molecule has 1 aliphatic heterocycles. The highest BCUT2D eigenvalue weighted by Gasteiger charge is 2.24. The first-order valence-corrected chi connectivity index (χ1v) is 6.46. The van der Waals surface area contributed by atoms with E-state index in [9.17, 15) is 0 Å². The van der Waals surface area contributed by atoms with Crippen molar-refractivity contribution < 1.29 is 0 Å². The second-order valence-electron chi connectivity index (χ2n) is 5.04. The molecule has 1 fully saturated rings. The van der Waals surface area contributed by atoms with Crippen molar-refractivity contribution in [2.75, 3.05) is 18.0 Å². The molecule has 0 radical (unpaired) electrons. The summed E-state index contributed by atoms with van der Waals surface area (Å²) in [7, 11) is 0. The summed E-state index contributed by atoms with van der Waals surface area (Å²) < 4.78 is 0. The number of nitrogens with zero attached hydrogens (tertiary/aromatic N) is 3. The number of benzene rings is 1. The zero-order valence-corrected chi connectivity index (χ0v) is 10.8. The zero-order chi connectivity index (χ0) is 12.5. The van der Waals surface area contributed by atoms with Crippen LogP contribution >= 0.6 is 0 Å². The molecule has 4 heteroatoms. The van der Waals surface area contributed by atoms with Crippen molar-refractivity contribution in [2.45, 2.75) is 25.9 Å². The molecule has 1 N–H and O–H groups in total. The number of hydrogen-bond acceptors (Lipinski definition) is 4. The number of piperazine rings is 1. The average Bonchev–Trinajstić information content (AvgIpc) is 2.41. The molecule has 1 aliphatic rings. The third-order valence-electron chi connectivity index (χ3n) is 3.50. The van der Waals surface area contributed by atoms with Gasteiger partial charge in [0.05, 0.1) is 5.52 Å². The molecule has 18 heavy (non-hydrogen) atoms. The van der Waals surface area contributed by atoms with Crippen LogP contribution in [-0.2, 0) is 0 Å². The van der Waals surface area contributed by atoms with Crippen molar-refractivity contribution in [3.8, 4) is 0 Å². The molecule has 0 saturated carbocycles. The van der Waals surface area contributed by atoms with E-state index in [1.54, 1.807) is 0 Å². The largest absolute Gasteiger partial charge is 0.335 e. The van der Waals surface area contributed by atoms with Crippen LogP contribution in [-0.4, -0.2) is 35.1 Å². The van der Waals surface area contributed by atoms with Gasteiger partial charge >= 0.3 is 0 Å². The summed E-state index contributed by atoms with van der Waals surface area (Å²) in [6.07, 6.45) is 1.91. The Morgan fingerprint density at radius 1 is 1.28 bits per heavy atom. The first kappa shape index (κ1) is 11.4. The maximum absolute atomic E-state index is 4.67. The third kappa shape index (κ3) is 2.04. The van der Waals surface area contributed by atoms with Gasteiger partial charge in [-0.05, 0) is 19.9 Å². The molecular weight excluding hydrogens is 224 g/mol. The summed E-state index contributed by atoms with van der Waals surface area (Å²) in [5, 5.41) is 4.57. The summed E-state index contributed by atoms with van der Waals surface area (Å²) in [6.45, 7) is 6.34. The van der Waals surface area contributed by atoms with Gasteiger partial charge < -0.3 is 10.2 Å². The summed E-state index contributed by atoms with van der Waals surface area (Å²) >= 11 is 0. The predicted molar refractivity (Wildman–Crippen MR) is 73.8 cm³/mol. The van der Waals surface area contributed by atoms with Crippen LogP contribution in [0.15, 0.2) is 30.5 Å². The van der Waals surface area contributed by atoms with Crippen LogP contribution in [0.4, 0.5) is 5.95 Å². The summed E-state index contributed by atoms with van der Waals surface area (Å²) in [6, 6.07) is 9.03. The Morgan fingerprint density at radius 3 is 3.00 bits per heavy atom. The molecule has 4 nitrogen and oxygen atoms in total. The third-order valence-corrected chi connectivity index (χ3v) is 3.50. The minimum absolute atomic E-state index is 0.433. The predicted octanol–water partition coefficient (Wildman–Crippen LogP) is 1.82. The van der Waals surface area contributed by atoms with Gasteiger partial charge in [-0.25, -0.2) is 9.97 Å². The van der Waals surface area contributed by atoms with E-state index >= 15 is 0 Å². The highest BCUT2D eigenvalue weighted by atomic mass is 15.3. The molecule has 1 aromatic heterocycles. The van der Waals surface area contributed by atoms with Crippen molar-refractivity contribution in [3.05, 3.63) is 30.5 Å². The Kier molecular flexibility index (Phi) is 2.88. The van der Waals surface area contributed by atoms with Crippen molar-refractivity contribution in [2.24, 2.45) is 0 Å². The van der Waals surface area contributed by atoms with Crippen molar-refractivity contribution in [1.82, 2.24) is 15.3 Å². The molecule has 0 amide bonds. The molecule has 1 saturated heterocycles. The van der Waals surface area contributed by atoms with E-state index in [4.69, 9.17) is 0 Å². The molecule has 0 aliphatic carbocycles. The second-order valence-corrected chi connectivity index (χ2v) is 5.04. The standard InChI is InChI=1S/C14H18N4/c1-10-9-18(11(2)7-15-10)14-16-8-12-5-3-4-6-13(12)17-14/h3-6,8,10-11,15H,7,9H2,1-2H3/t10-,11+/m1/s1. The summed E-state index contributed by atoms with van der Waals surface area (Å²) in [5.41, 5.74) is 1.01. The molecule has 2 heterocycles. The maximum atomic E-state index is 4.67. The van der Waals surface area contributed by atoms with Gasteiger partial charge in [0, 0.05) is 36.8 Å². The van der Waals surface area contributed by atoms with Crippen molar-refractivity contribution in [3.63, 3.8) is 0 Å². The van der Waals surface area contributed by atoms with E-state index in [0.29, 0.717) is 12.1 Å². The van der Waals surface area contributed by atoms with Crippen LogP contribution in [0.3, 0.4) is 0 Å². The van der Waals surface area contributed by atoms with Gasteiger partial charge in [-0.15, -0.1) is 0 Å². The number of nitrogens with one attached hydrogen (secondary N) is 1. The van der Waals surface area contributed by atoms with E-state index in [1.165, 1.54) is 0 Å². The van der Waals surface area contributed by atoms with Crippen LogP contribution in [0.5, 0.6) is 0 Å². The van der Waals surface area contributed by atoms with Crippen LogP contribution < -0.4 is 10.2 Å². The fourth-order valence-corrected chi connectivity index (χ4v) is 2.40. The Balaban J connectivity index is 1.97. The number of hydrogen-bond donors (Lipinski definition) is 1. The molecule has 2 aromatic rings. The molecule has 0 bridgehead atoms. The van der Waals surface area contributed by atoms with Gasteiger partial charge in [0.25, 0.3) is 0 Å². The van der Waals surface area contributed by atoms with E-state index in [1.807, 2.05) is 30.5 Å². The van der Waals surface area contributed by atoms with E-state index in [2.05, 4.69) is 34.0 Å². The van der Waals surface area contributed by atoms with Gasteiger partial charge in [-0.2, -0.15) is 0 Å². The topological polar surface area (TPSA) is 41.1 Å². The fraction of sp³-hybridized carbons (Fsp3) is 0.429. The first-order chi connectivity index (χ1) is 8.74. The molecule has 3 rings (SSSR count). The summed E-state index contributed by atoms with van der Waals surface area (Å²) in [5.74, 6) is 0.842. The highest BCUT2D eigenvalue weighted by molar-refractivity contribution is 5.78. The number of anilines is 1. The van der Waals surface area contributed by atoms with Crippen LogP contribution in [0.2, 0.25) is 0 Å². The van der Waals surface area contributed by atoms with Gasteiger partial charge in [-0.3, -0.25) is 0 Å². The molecule has 1 aromatic carbocycles. The quantitative estimate of drug-likeness (QED) is 0.828. The van der Waals surface area contributed by atoms with E-state index in [-0.39, 0.29) is 0 Å². The number of rotatable bonds is 1. The monoisotopic (exact) mass is 242 g/mol. The fourth-order valence-electron chi connectivity index (χ4n) is 2.40. The minimum atomic E-state index is 0.433. The average molecular weight is 242 g/mol. The lowest BCUT2D eigenvalue weighted by atomic mass is 10.1. The van der Waals surface area contributed by atoms with Crippen LogP contribution in [0, 0.1) is 0 Å². The van der Waals surface area contributed by atoms with Gasteiger partial charge in [0.15, 0.2) is 0 Å². The highest BCUT2D eigenvalue weighted by Crippen LogP contribution is 2.18. The number of aromatic nitrogens is 2. The summed E-state index contributed by atoms with van der Waals surface area (Å²) in [4.78, 5) is 11.5. The Bertz CT molecular complexity index is 554. The molecule has 94 valence electrons. The molecule has 0 unspecified atom stereocenters. The lowest BCUT2D eigenvalue weighted by molar-refractivity contribution is 0.420. The van der Waals surface area contributed by atoms with Crippen molar-refractivity contribution in [1.29, 1.82) is 0 Å². The van der Waals surface area contributed by atoms with Gasteiger partial charge in [-0.1, -0.05) is 18.2 Å². The van der Waals surface area contributed by atoms with Crippen LogP contribution in [0.1, 0.15) is 13.8 Å². The zero-order valence-electron chi connectivity index (χ0n) is 10.8. The maximum Gasteiger partial charge on any atom is 0.226 e. The Hall–Kier alpha value is -1.68. The van der Waals surface area contributed by atoms with Crippen LogP contribution in [0.25, 0.3) is 10.9 Å². The smallest absolute Gasteiger partial charge is 0.226 e. The molecular formula is C14H18N4. The lowest BCUT2D eigenvalue weighted by Gasteiger charge is -2.37. The Labute approximate surface area is 107 Å². The Morgan fingerprint density at radius 2 is 2.11 bits per heavy atom. The second kappa shape index (κ2) is 4.53. The van der Waals surface area contributed by atoms with Gasteiger partial charge in [0.2, 0.25) is 5.95 Å². The SMILES string of the molecule is C[C@@H]1CN(c2ncc3ccccc3n2)[C@@H](C)CN1. The lowest BCUT2D eigenvalue weighted by Crippen LogP contribution is -2.55. The number of fused-ring (bicyclic) bond motifs is 1. The molecule has 0 spiro atoms. The minimum Gasteiger partial charge on any atom is -0.335 e. The normalized spacial score (nSPS) is 24.4. The number of para-hydroxylation sites is 1. The van der Waals surface area contributed by atoms with Crippen molar-refractivity contribution >= 4 is 16.9 Å². The van der Waals surface area contributed by atoms with E-state index in [0.717, 1.165) is 29.9 Å². The molecule has 2 atom stereocenters.